The lowest BCUT2D eigenvalue weighted by molar-refractivity contribution is -1.02. The molecule has 156 valence electrons. The van der Waals surface area contributed by atoms with E-state index >= 15 is 0 Å². The Hall–Kier alpha value is -2.57. The maximum Gasteiger partial charge on any atom is 0.277 e. The van der Waals surface area contributed by atoms with Crippen molar-refractivity contribution in [3.8, 4) is 11.5 Å². The highest BCUT2D eigenvalue weighted by Gasteiger charge is 2.26. The minimum Gasteiger partial charge on any atom is -0.497 e. The first kappa shape index (κ1) is 21.1. The third kappa shape index (κ3) is 5.95. The summed E-state index contributed by atoms with van der Waals surface area (Å²) in [6.07, 6.45) is 0. The maximum absolute atomic E-state index is 12.7. The van der Waals surface area contributed by atoms with E-state index in [1.165, 1.54) is 10.5 Å². The lowest BCUT2D eigenvalue weighted by atomic mass is 10.2. The third-order valence-electron chi connectivity index (χ3n) is 5.70. The van der Waals surface area contributed by atoms with Crippen molar-refractivity contribution in [2.75, 3.05) is 54.0 Å². The second kappa shape index (κ2) is 10.3. The average molecular weight is 400 g/mol. The predicted molar refractivity (Wildman–Crippen MR) is 112 cm³/mol. The van der Waals surface area contributed by atoms with Crippen LogP contribution in [0, 0.1) is 0 Å². The van der Waals surface area contributed by atoms with Crippen LogP contribution >= 0.6 is 0 Å². The topological polar surface area (TPSA) is 47.7 Å². The normalized spacial score (nSPS) is 18.9. The smallest absolute Gasteiger partial charge is 0.277 e. The van der Waals surface area contributed by atoms with Crippen molar-refractivity contribution in [3.05, 3.63) is 59.7 Å². The molecule has 29 heavy (non-hydrogen) atoms. The van der Waals surface area contributed by atoms with Gasteiger partial charge in [-0.05, 0) is 30.3 Å². The van der Waals surface area contributed by atoms with Gasteiger partial charge in [0.2, 0.25) is 0 Å². The number of carbonyl (C=O) groups excluding carboxylic acids is 1. The Kier molecular flexibility index (Phi) is 7.49. The number of piperazine rings is 1. The molecule has 1 saturated heterocycles. The molecule has 6 nitrogen and oxygen atoms in total. The molecule has 0 atom stereocenters. The average Bonchev–Trinajstić information content (AvgIpc) is 2.76. The van der Waals surface area contributed by atoms with Crippen LogP contribution in [0.2, 0.25) is 0 Å². The van der Waals surface area contributed by atoms with Crippen LogP contribution in [0.4, 0.5) is 0 Å². The van der Waals surface area contributed by atoms with E-state index in [2.05, 4.69) is 12.1 Å². The molecule has 1 fully saturated rings. The van der Waals surface area contributed by atoms with Crippen LogP contribution in [0.25, 0.3) is 0 Å². The van der Waals surface area contributed by atoms with E-state index in [0.29, 0.717) is 13.1 Å². The highest BCUT2D eigenvalue weighted by atomic mass is 16.5. The first-order valence-electron chi connectivity index (χ1n) is 10.2. The standard InChI is InChI=1S/C23H31N3O3/c1-24(17-20-6-4-5-7-22(20)29-3)23(27)18-26-14-12-25(13-15-26)16-19-8-10-21(28-2)11-9-19/h4-11H,12-18H2,1-3H3/p+2. The van der Waals surface area contributed by atoms with E-state index in [4.69, 9.17) is 9.47 Å². The van der Waals surface area contributed by atoms with Crippen molar-refractivity contribution in [2.45, 2.75) is 13.1 Å². The third-order valence-corrected chi connectivity index (χ3v) is 5.70. The summed E-state index contributed by atoms with van der Waals surface area (Å²) in [5.41, 5.74) is 2.37. The number of benzene rings is 2. The molecule has 2 aromatic rings. The Labute approximate surface area is 173 Å². The number of carbonyl (C=O) groups is 1. The van der Waals surface area contributed by atoms with Crippen LogP contribution in [-0.2, 0) is 17.9 Å². The molecule has 0 bridgehead atoms. The number of nitrogens with one attached hydrogen (secondary N) is 2. The summed E-state index contributed by atoms with van der Waals surface area (Å²) in [4.78, 5) is 17.5. The summed E-state index contributed by atoms with van der Waals surface area (Å²) >= 11 is 0. The van der Waals surface area contributed by atoms with Gasteiger partial charge in [0.1, 0.15) is 44.2 Å². The molecule has 1 aliphatic heterocycles. The Morgan fingerprint density at radius 1 is 0.931 bits per heavy atom. The van der Waals surface area contributed by atoms with E-state index in [1.54, 1.807) is 24.0 Å². The van der Waals surface area contributed by atoms with Gasteiger partial charge in [0, 0.05) is 24.7 Å². The fourth-order valence-electron chi connectivity index (χ4n) is 3.87. The SMILES string of the molecule is COc1ccc(C[NH+]2CC[NH+](CC(=O)N(C)Cc3ccccc3OC)CC2)cc1. The van der Waals surface area contributed by atoms with E-state index in [1.807, 2.05) is 43.4 Å². The van der Waals surface area contributed by atoms with Crippen molar-refractivity contribution in [3.63, 3.8) is 0 Å². The van der Waals surface area contributed by atoms with Crippen molar-refractivity contribution >= 4 is 5.91 Å². The van der Waals surface area contributed by atoms with Gasteiger partial charge in [-0.2, -0.15) is 0 Å². The number of hydrogen-bond acceptors (Lipinski definition) is 3. The van der Waals surface area contributed by atoms with Crippen LogP contribution in [0.3, 0.4) is 0 Å². The Morgan fingerprint density at radius 3 is 2.24 bits per heavy atom. The molecule has 0 aromatic heterocycles. The number of methoxy groups -OCH3 is 2. The van der Waals surface area contributed by atoms with Crippen molar-refractivity contribution in [1.29, 1.82) is 0 Å². The number of hydrogen-bond donors (Lipinski definition) is 2. The number of ether oxygens (including phenoxy) is 2. The second-order valence-corrected chi connectivity index (χ2v) is 7.76. The Morgan fingerprint density at radius 2 is 1.59 bits per heavy atom. The van der Waals surface area contributed by atoms with Gasteiger partial charge >= 0.3 is 0 Å². The van der Waals surface area contributed by atoms with Crippen LogP contribution in [-0.4, -0.2) is 64.8 Å². The molecule has 0 aliphatic carbocycles. The summed E-state index contributed by atoms with van der Waals surface area (Å²) in [6, 6.07) is 16.2. The van der Waals surface area contributed by atoms with Crippen LogP contribution in [0.1, 0.15) is 11.1 Å². The quantitative estimate of drug-likeness (QED) is 0.638. The minimum absolute atomic E-state index is 0.185. The molecule has 1 heterocycles. The second-order valence-electron chi connectivity index (χ2n) is 7.76. The van der Waals surface area contributed by atoms with Crippen molar-refractivity contribution in [2.24, 2.45) is 0 Å². The highest BCUT2D eigenvalue weighted by Crippen LogP contribution is 2.18. The van der Waals surface area contributed by atoms with Crippen molar-refractivity contribution < 1.29 is 24.1 Å². The van der Waals surface area contributed by atoms with Crippen LogP contribution in [0.5, 0.6) is 11.5 Å². The first-order chi connectivity index (χ1) is 14.1. The molecule has 3 rings (SSSR count). The van der Waals surface area contributed by atoms with Gasteiger partial charge in [-0.25, -0.2) is 0 Å². The highest BCUT2D eigenvalue weighted by molar-refractivity contribution is 5.76. The van der Waals surface area contributed by atoms with Gasteiger partial charge in [0.25, 0.3) is 5.91 Å². The number of amides is 1. The number of para-hydroxylation sites is 1. The number of likely N-dealkylation sites (N-methyl/N-ethyl adjacent to an activating group) is 1. The summed E-state index contributed by atoms with van der Waals surface area (Å²) < 4.78 is 10.6. The fourth-order valence-corrected chi connectivity index (χ4v) is 3.87. The molecule has 0 radical (unpaired) electrons. The van der Waals surface area contributed by atoms with Gasteiger partial charge in [-0.1, -0.05) is 18.2 Å². The summed E-state index contributed by atoms with van der Waals surface area (Å²) in [7, 11) is 5.23. The van der Waals surface area contributed by atoms with Gasteiger partial charge in [0.15, 0.2) is 6.54 Å². The zero-order chi connectivity index (χ0) is 20.6. The maximum atomic E-state index is 12.7. The zero-order valence-corrected chi connectivity index (χ0v) is 17.7. The molecule has 6 heteroatoms. The molecule has 1 amide bonds. The summed E-state index contributed by atoms with van der Waals surface area (Å²) in [6.45, 7) is 6.39. The summed E-state index contributed by atoms with van der Waals surface area (Å²) in [5, 5.41) is 0. The number of nitrogens with zero attached hydrogens (tertiary/aromatic N) is 1. The van der Waals surface area contributed by atoms with Gasteiger partial charge in [0.05, 0.1) is 14.2 Å². The minimum atomic E-state index is 0.185. The molecular formula is C23H33N3O3+2. The molecule has 1 aliphatic rings. The van der Waals surface area contributed by atoms with Gasteiger partial charge in [-0.3, -0.25) is 4.79 Å². The Balaban J connectivity index is 1.44. The van der Waals surface area contributed by atoms with Crippen molar-refractivity contribution in [1.82, 2.24) is 4.90 Å². The fraction of sp³-hybridized carbons (Fsp3) is 0.435. The molecule has 2 aromatic carbocycles. The molecule has 0 saturated carbocycles. The van der Waals surface area contributed by atoms with E-state index in [9.17, 15) is 4.79 Å². The van der Waals surface area contributed by atoms with E-state index < -0.39 is 0 Å². The van der Waals surface area contributed by atoms with E-state index in [-0.39, 0.29) is 5.91 Å². The predicted octanol–water partition coefficient (Wildman–Crippen LogP) is -0.354. The van der Waals surface area contributed by atoms with E-state index in [0.717, 1.165) is 49.8 Å². The number of rotatable bonds is 8. The van der Waals surface area contributed by atoms with Gasteiger partial charge in [-0.15, -0.1) is 0 Å². The summed E-state index contributed by atoms with van der Waals surface area (Å²) in [5.74, 6) is 1.91. The molecule has 2 N–H and O–H groups in total. The Bertz CT molecular complexity index is 786. The number of quaternary nitrogens is 2. The van der Waals surface area contributed by atoms with Crippen LogP contribution < -0.4 is 19.3 Å². The largest absolute Gasteiger partial charge is 0.497 e. The molecule has 0 unspecified atom stereocenters. The first-order valence-corrected chi connectivity index (χ1v) is 10.2. The molecule has 0 spiro atoms. The monoisotopic (exact) mass is 399 g/mol. The lowest BCUT2D eigenvalue weighted by Gasteiger charge is -2.30. The zero-order valence-electron chi connectivity index (χ0n) is 17.7. The molecular weight excluding hydrogens is 366 g/mol. The van der Waals surface area contributed by atoms with Gasteiger partial charge < -0.3 is 24.2 Å². The van der Waals surface area contributed by atoms with Crippen LogP contribution in [0.15, 0.2) is 48.5 Å². The lowest BCUT2D eigenvalue weighted by Crippen LogP contribution is -3.28.